The molecule has 3 N–H and O–H groups in total. The van der Waals surface area contributed by atoms with Crippen molar-refractivity contribution in [3.8, 4) is 0 Å². The van der Waals surface area contributed by atoms with Gasteiger partial charge in [0.1, 0.15) is 10.9 Å². The van der Waals surface area contributed by atoms with Crippen LogP contribution in [0.3, 0.4) is 0 Å². The molecule has 116 valence electrons. The van der Waals surface area contributed by atoms with E-state index in [2.05, 4.69) is 5.32 Å². The zero-order chi connectivity index (χ0) is 15.8. The third kappa shape index (κ3) is 3.28. The van der Waals surface area contributed by atoms with Crippen LogP contribution in [0.4, 0.5) is 0 Å². The molecule has 1 unspecified atom stereocenters. The van der Waals surface area contributed by atoms with Crippen molar-refractivity contribution in [3.63, 3.8) is 0 Å². The van der Waals surface area contributed by atoms with Crippen molar-refractivity contribution < 1.29 is 13.2 Å². The van der Waals surface area contributed by atoms with Crippen LogP contribution < -0.4 is 11.1 Å². The van der Waals surface area contributed by atoms with Gasteiger partial charge in [-0.3, -0.25) is 4.79 Å². The third-order valence-electron chi connectivity index (χ3n) is 3.05. The first-order valence-corrected chi connectivity index (χ1v) is 8.49. The Hall–Kier alpha value is -0.570. The topological polar surface area (TPSA) is 92.5 Å². The molecule has 0 radical (unpaired) electrons. The van der Waals surface area contributed by atoms with E-state index < -0.39 is 22.0 Å². The predicted octanol–water partition coefficient (Wildman–Crippen LogP) is 1.09. The van der Waals surface area contributed by atoms with Gasteiger partial charge in [-0.1, -0.05) is 34.8 Å². The Morgan fingerprint density at radius 2 is 1.86 bits per heavy atom. The fourth-order valence-corrected chi connectivity index (χ4v) is 5.20. The molecular weight excluding hydrogens is 361 g/mol. The second kappa shape index (κ2) is 6.28. The van der Waals surface area contributed by atoms with Gasteiger partial charge in [0.2, 0.25) is 15.9 Å². The highest BCUT2D eigenvalue weighted by Crippen LogP contribution is 2.35. The van der Waals surface area contributed by atoms with Crippen molar-refractivity contribution in [2.45, 2.75) is 10.9 Å². The van der Waals surface area contributed by atoms with Gasteiger partial charge in [-0.2, -0.15) is 4.31 Å². The number of nitrogens with two attached hydrogens (primary N) is 1. The number of nitrogens with zero attached hydrogens (tertiary/aromatic N) is 1. The molecule has 1 saturated heterocycles. The maximum absolute atomic E-state index is 12.7. The second-order valence-electron chi connectivity index (χ2n) is 4.44. The average Bonchev–Trinajstić information content (AvgIpc) is 2.37. The van der Waals surface area contributed by atoms with Crippen LogP contribution in [0.15, 0.2) is 17.0 Å². The number of halogens is 3. The van der Waals surface area contributed by atoms with Crippen molar-refractivity contribution in [3.05, 3.63) is 27.2 Å². The molecule has 0 aromatic heterocycles. The van der Waals surface area contributed by atoms with Crippen LogP contribution in [0.1, 0.15) is 0 Å². The molecule has 1 aromatic rings. The largest absolute Gasteiger partial charge is 0.368 e. The number of nitrogens with one attached hydrogen (secondary N) is 1. The molecule has 0 aliphatic carbocycles. The summed E-state index contributed by atoms with van der Waals surface area (Å²) >= 11 is 17.7. The molecule has 6 nitrogen and oxygen atoms in total. The fraction of sp³-hybridized carbons (Fsp3) is 0.364. The summed E-state index contributed by atoms with van der Waals surface area (Å²) in [7, 11) is -4.06. The van der Waals surface area contributed by atoms with Crippen LogP contribution >= 0.6 is 34.8 Å². The van der Waals surface area contributed by atoms with Crippen molar-refractivity contribution in [1.82, 2.24) is 9.62 Å². The van der Waals surface area contributed by atoms with Gasteiger partial charge in [-0.05, 0) is 12.1 Å². The van der Waals surface area contributed by atoms with Crippen molar-refractivity contribution >= 4 is 50.7 Å². The maximum Gasteiger partial charge on any atom is 0.246 e. The standard InChI is InChI=1S/C11H12Cl3N3O3S/c12-6-3-7(13)10(8(14)4-6)21(19,20)17-2-1-16-5-9(17)11(15)18/h3-4,9,16H,1-2,5H2,(H2,15,18). The monoisotopic (exact) mass is 371 g/mol. The molecule has 1 aliphatic rings. The van der Waals surface area contributed by atoms with Gasteiger partial charge in [-0.25, -0.2) is 8.42 Å². The molecule has 0 spiro atoms. The number of carbonyl (C=O) groups is 1. The van der Waals surface area contributed by atoms with E-state index in [1.807, 2.05) is 0 Å². The van der Waals surface area contributed by atoms with Crippen molar-refractivity contribution in [2.24, 2.45) is 5.73 Å². The molecule has 1 aliphatic heterocycles. The quantitative estimate of drug-likeness (QED) is 0.831. The Labute approximate surface area is 137 Å². The molecule has 1 aromatic carbocycles. The van der Waals surface area contributed by atoms with Gasteiger partial charge < -0.3 is 11.1 Å². The molecule has 0 saturated carbocycles. The van der Waals surface area contributed by atoms with E-state index in [9.17, 15) is 13.2 Å². The number of rotatable bonds is 3. The first-order valence-electron chi connectivity index (χ1n) is 5.91. The average molecular weight is 373 g/mol. The fourth-order valence-electron chi connectivity index (χ4n) is 2.11. The lowest BCUT2D eigenvalue weighted by atomic mass is 10.2. The van der Waals surface area contributed by atoms with E-state index in [1.165, 1.54) is 12.1 Å². The molecule has 0 bridgehead atoms. The van der Waals surface area contributed by atoms with Crippen LogP contribution in [0.2, 0.25) is 15.1 Å². The Bertz CT molecular complexity index is 658. The number of sulfonamides is 1. The van der Waals surface area contributed by atoms with E-state index in [1.54, 1.807) is 0 Å². The van der Waals surface area contributed by atoms with Crippen LogP contribution in [0.5, 0.6) is 0 Å². The van der Waals surface area contributed by atoms with E-state index in [-0.39, 0.29) is 33.1 Å². The summed E-state index contributed by atoms with van der Waals surface area (Å²) in [5.41, 5.74) is 5.26. The number of primary amides is 1. The molecule has 1 fully saturated rings. The predicted molar refractivity (Wildman–Crippen MR) is 81.2 cm³/mol. The number of amides is 1. The van der Waals surface area contributed by atoms with Crippen molar-refractivity contribution in [1.29, 1.82) is 0 Å². The minimum Gasteiger partial charge on any atom is -0.368 e. The summed E-state index contributed by atoms with van der Waals surface area (Å²) in [4.78, 5) is 11.2. The molecule has 1 atom stereocenters. The van der Waals surface area contributed by atoms with Crippen LogP contribution in [0.25, 0.3) is 0 Å². The highest BCUT2D eigenvalue weighted by Gasteiger charge is 2.38. The molecule has 1 amide bonds. The third-order valence-corrected chi connectivity index (χ3v) is 6.10. The van der Waals surface area contributed by atoms with E-state index in [0.29, 0.717) is 6.54 Å². The highest BCUT2D eigenvalue weighted by atomic mass is 35.5. The van der Waals surface area contributed by atoms with Gasteiger partial charge in [0.15, 0.2) is 0 Å². The molecule has 21 heavy (non-hydrogen) atoms. The number of benzene rings is 1. The van der Waals surface area contributed by atoms with Gasteiger partial charge in [0.25, 0.3) is 0 Å². The first-order chi connectivity index (χ1) is 9.75. The summed E-state index contributed by atoms with van der Waals surface area (Å²) in [5.74, 6) is -0.744. The lowest BCUT2D eigenvalue weighted by Gasteiger charge is -2.33. The summed E-state index contributed by atoms with van der Waals surface area (Å²) in [6, 6.07) is 1.57. The first kappa shape index (κ1) is 16.8. The number of hydrogen-bond acceptors (Lipinski definition) is 4. The lowest BCUT2D eigenvalue weighted by Crippen LogP contribution is -2.58. The Balaban J connectivity index is 2.53. The molecule has 1 heterocycles. The van der Waals surface area contributed by atoms with Gasteiger partial charge in [0, 0.05) is 24.7 Å². The minimum atomic E-state index is -4.06. The van der Waals surface area contributed by atoms with Gasteiger partial charge in [-0.15, -0.1) is 0 Å². The summed E-state index contributed by atoms with van der Waals surface area (Å²) in [5, 5.41) is 2.93. The zero-order valence-corrected chi connectivity index (χ0v) is 13.7. The van der Waals surface area contributed by atoms with E-state index in [4.69, 9.17) is 40.5 Å². The van der Waals surface area contributed by atoms with Crippen LogP contribution in [-0.2, 0) is 14.8 Å². The molecular formula is C11H12Cl3N3O3S. The Kier molecular flexibility index (Phi) is 5.02. The van der Waals surface area contributed by atoms with Gasteiger partial charge >= 0.3 is 0 Å². The van der Waals surface area contributed by atoms with Crippen molar-refractivity contribution in [2.75, 3.05) is 19.6 Å². The minimum absolute atomic E-state index is 0.0885. The second-order valence-corrected chi connectivity index (χ2v) is 7.51. The summed E-state index contributed by atoms with van der Waals surface area (Å²) in [6.07, 6.45) is 0. The van der Waals surface area contributed by atoms with E-state index >= 15 is 0 Å². The van der Waals surface area contributed by atoms with E-state index in [0.717, 1.165) is 4.31 Å². The number of piperazine rings is 1. The SMILES string of the molecule is NC(=O)C1CNCCN1S(=O)(=O)c1c(Cl)cc(Cl)cc1Cl. The highest BCUT2D eigenvalue weighted by molar-refractivity contribution is 7.89. The van der Waals surface area contributed by atoms with Crippen LogP contribution in [-0.4, -0.2) is 44.3 Å². The molecule has 10 heteroatoms. The number of hydrogen-bond donors (Lipinski definition) is 2. The van der Waals surface area contributed by atoms with Crippen LogP contribution in [0, 0.1) is 0 Å². The summed E-state index contributed by atoms with van der Waals surface area (Å²) < 4.78 is 26.5. The van der Waals surface area contributed by atoms with Gasteiger partial charge in [0.05, 0.1) is 10.0 Å². The lowest BCUT2D eigenvalue weighted by molar-refractivity contribution is -0.122. The number of carbonyl (C=O) groups excluding carboxylic acids is 1. The normalized spacial score (nSPS) is 20.4. The Morgan fingerprint density at radius 1 is 1.29 bits per heavy atom. The zero-order valence-electron chi connectivity index (χ0n) is 10.6. The Morgan fingerprint density at radius 3 is 2.38 bits per heavy atom. The maximum atomic E-state index is 12.7. The smallest absolute Gasteiger partial charge is 0.246 e. The summed E-state index contributed by atoms with van der Waals surface area (Å²) in [6.45, 7) is 0.619. The molecule has 2 rings (SSSR count).